The number of nitrogens with zero attached hydrogens (tertiary/aromatic N) is 1. The van der Waals surface area contributed by atoms with Crippen LogP contribution in [0.4, 0.5) is 0 Å². The molecule has 1 aliphatic rings. The van der Waals surface area contributed by atoms with Crippen LogP contribution in [-0.4, -0.2) is 38.5 Å². The summed E-state index contributed by atoms with van der Waals surface area (Å²) >= 11 is 0. The van der Waals surface area contributed by atoms with E-state index in [0.29, 0.717) is 13.0 Å². The van der Waals surface area contributed by atoms with Crippen molar-refractivity contribution in [1.29, 1.82) is 0 Å². The molecule has 0 aromatic carbocycles. The van der Waals surface area contributed by atoms with Crippen molar-refractivity contribution in [3.05, 3.63) is 12.7 Å². The first-order valence-corrected chi connectivity index (χ1v) is 7.14. The van der Waals surface area contributed by atoms with Crippen molar-refractivity contribution in [3.63, 3.8) is 0 Å². The Balaban J connectivity index is 0.00000256. The summed E-state index contributed by atoms with van der Waals surface area (Å²) < 4.78 is 23.3. The van der Waals surface area contributed by atoms with Gasteiger partial charge in [-0.3, -0.25) is 4.99 Å². The molecule has 100 valence electrons. The minimum absolute atomic E-state index is 0. The average Bonchev–Trinajstić information content (AvgIpc) is 2.24. The molecule has 0 aromatic rings. The van der Waals surface area contributed by atoms with Gasteiger partial charge in [0, 0.05) is 6.54 Å². The van der Waals surface area contributed by atoms with Crippen molar-refractivity contribution >= 4 is 39.8 Å². The third-order valence-corrected chi connectivity index (χ3v) is 4.86. The first kappa shape index (κ1) is 16.7. The van der Waals surface area contributed by atoms with E-state index in [9.17, 15) is 8.42 Å². The molecule has 1 atom stereocenters. The molecule has 0 bridgehead atoms. The highest BCUT2D eigenvalue weighted by atomic mass is 127. The van der Waals surface area contributed by atoms with Crippen LogP contribution in [0.15, 0.2) is 17.6 Å². The number of nitrogens with one attached hydrogen (secondary N) is 1. The average molecular weight is 373 g/mol. The third kappa shape index (κ3) is 5.71. The molecule has 17 heavy (non-hydrogen) atoms. The van der Waals surface area contributed by atoms with Gasteiger partial charge in [0.05, 0.1) is 17.5 Å². The van der Waals surface area contributed by atoms with Crippen molar-refractivity contribution in [2.75, 3.05) is 18.8 Å². The Labute approximate surface area is 120 Å². The fourth-order valence-corrected chi connectivity index (χ4v) is 3.43. The zero-order valence-corrected chi connectivity index (χ0v) is 12.9. The molecule has 1 saturated heterocycles. The lowest BCUT2D eigenvalue weighted by molar-refractivity contribution is 0.541. The molecule has 1 heterocycles. The number of hydrogen-bond donors (Lipinski definition) is 2. The molecule has 0 saturated carbocycles. The number of aliphatic imine (C=N–C) groups is 1. The zero-order chi connectivity index (χ0) is 12.0. The van der Waals surface area contributed by atoms with E-state index in [0.717, 1.165) is 12.8 Å². The summed E-state index contributed by atoms with van der Waals surface area (Å²) in [4.78, 5) is 4.04. The van der Waals surface area contributed by atoms with Gasteiger partial charge in [0.2, 0.25) is 0 Å². The van der Waals surface area contributed by atoms with Gasteiger partial charge < -0.3 is 11.1 Å². The van der Waals surface area contributed by atoms with Crippen LogP contribution in [0.5, 0.6) is 0 Å². The summed E-state index contributed by atoms with van der Waals surface area (Å²) in [5.74, 6) is 0.563. The minimum atomic E-state index is -2.95. The summed E-state index contributed by atoms with van der Waals surface area (Å²) in [5, 5.41) is 2.46. The molecule has 1 unspecified atom stereocenters. The molecule has 1 aliphatic heterocycles. The van der Waals surface area contributed by atoms with E-state index >= 15 is 0 Å². The second-order valence-electron chi connectivity index (χ2n) is 3.88. The first-order valence-electron chi connectivity index (χ1n) is 5.42. The Morgan fingerprint density at radius 2 is 2.24 bits per heavy atom. The van der Waals surface area contributed by atoms with Crippen LogP contribution in [0.3, 0.4) is 0 Å². The predicted octanol–water partition coefficient (Wildman–Crippen LogP) is 0.662. The zero-order valence-electron chi connectivity index (χ0n) is 9.76. The topological polar surface area (TPSA) is 84.5 Å². The van der Waals surface area contributed by atoms with E-state index in [4.69, 9.17) is 5.73 Å². The Morgan fingerprint density at radius 1 is 1.53 bits per heavy atom. The normalized spacial score (nSPS) is 23.5. The summed E-state index contributed by atoms with van der Waals surface area (Å²) in [5.41, 5.74) is 5.56. The smallest absolute Gasteiger partial charge is 0.188 e. The molecule has 0 radical (unpaired) electrons. The number of guanidine groups is 1. The highest BCUT2D eigenvalue weighted by Crippen LogP contribution is 2.19. The van der Waals surface area contributed by atoms with Crippen LogP contribution < -0.4 is 11.1 Å². The van der Waals surface area contributed by atoms with E-state index in [1.807, 2.05) is 0 Å². The number of nitrogens with two attached hydrogens (primary N) is 1. The lowest BCUT2D eigenvalue weighted by atomic mass is 10.2. The van der Waals surface area contributed by atoms with Gasteiger partial charge in [-0.05, 0) is 12.8 Å². The van der Waals surface area contributed by atoms with Gasteiger partial charge >= 0.3 is 0 Å². The van der Waals surface area contributed by atoms with Crippen LogP contribution in [0.1, 0.15) is 19.3 Å². The molecule has 0 aromatic heterocycles. The molecule has 1 rings (SSSR count). The van der Waals surface area contributed by atoms with Crippen LogP contribution in [-0.2, 0) is 9.84 Å². The Bertz CT molecular complexity index is 368. The summed E-state index contributed by atoms with van der Waals surface area (Å²) in [6, 6.07) is 0. The van der Waals surface area contributed by atoms with E-state index in [2.05, 4.69) is 16.9 Å². The van der Waals surface area contributed by atoms with Crippen molar-refractivity contribution in [2.24, 2.45) is 10.7 Å². The quantitative estimate of drug-likeness (QED) is 0.328. The van der Waals surface area contributed by atoms with Crippen molar-refractivity contribution in [3.8, 4) is 0 Å². The SMILES string of the molecule is C=CCNC(N)=NCC1CCCCS1(=O)=O.I. The largest absolute Gasteiger partial charge is 0.370 e. The highest BCUT2D eigenvalue weighted by Gasteiger charge is 2.28. The molecule has 3 N–H and O–H groups in total. The van der Waals surface area contributed by atoms with E-state index < -0.39 is 9.84 Å². The Hall–Kier alpha value is -0.310. The van der Waals surface area contributed by atoms with Gasteiger partial charge in [0.25, 0.3) is 0 Å². The second-order valence-corrected chi connectivity index (χ2v) is 6.28. The van der Waals surface area contributed by atoms with Gasteiger partial charge in [-0.2, -0.15) is 0 Å². The maximum absolute atomic E-state index is 11.7. The summed E-state index contributed by atoms with van der Waals surface area (Å²) in [6.45, 7) is 4.33. The van der Waals surface area contributed by atoms with Crippen molar-refractivity contribution in [1.82, 2.24) is 5.32 Å². The molecular weight excluding hydrogens is 353 g/mol. The second kappa shape index (κ2) is 7.91. The predicted molar refractivity (Wildman–Crippen MR) is 81.5 cm³/mol. The molecule has 0 amide bonds. The van der Waals surface area contributed by atoms with Crippen LogP contribution in [0, 0.1) is 0 Å². The van der Waals surface area contributed by atoms with E-state index in [1.54, 1.807) is 6.08 Å². The molecule has 0 aliphatic carbocycles. The van der Waals surface area contributed by atoms with Gasteiger partial charge in [-0.25, -0.2) is 8.42 Å². The first-order chi connectivity index (χ1) is 7.56. The molecular formula is C10H20IN3O2S. The van der Waals surface area contributed by atoms with Crippen molar-refractivity contribution in [2.45, 2.75) is 24.5 Å². The van der Waals surface area contributed by atoms with E-state index in [-0.39, 0.29) is 47.5 Å². The Morgan fingerprint density at radius 3 is 2.82 bits per heavy atom. The van der Waals surface area contributed by atoms with Crippen LogP contribution in [0.25, 0.3) is 0 Å². The van der Waals surface area contributed by atoms with Gasteiger partial charge in [-0.1, -0.05) is 12.5 Å². The van der Waals surface area contributed by atoms with Crippen molar-refractivity contribution < 1.29 is 8.42 Å². The monoisotopic (exact) mass is 373 g/mol. The molecule has 1 fully saturated rings. The number of halogens is 1. The molecule has 7 heteroatoms. The van der Waals surface area contributed by atoms with Crippen LogP contribution in [0.2, 0.25) is 0 Å². The summed E-state index contributed by atoms with van der Waals surface area (Å²) in [6.07, 6.45) is 4.09. The minimum Gasteiger partial charge on any atom is -0.370 e. The Kier molecular flexibility index (Phi) is 7.77. The summed E-state index contributed by atoms with van der Waals surface area (Å²) in [7, 11) is -2.95. The lowest BCUT2D eigenvalue weighted by Gasteiger charge is -2.20. The maximum atomic E-state index is 11.7. The lowest BCUT2D eigenvalue weighted by Crippen LogP contribution is -2.35. The fraction of sp³-hybridized carbons (Fsp3) is 0.700. The maximum Gasteiger partial charge on any atom is 0.188 e. The standard InChI is InChI=1S/C10H19N3O2S.HI/c1-2-6-12-10(11)13-8-9-5-3-4-7-16(9,14)15;/h2,9H,1,3-8H2,(H3,11,12,13);1H. The van der Waals surface area contributed by atoms with E-state index in [1.165, 1.54) is 0 Å². The number of rotatable bonds is 4. The molecule has 5 nitrogen and oxygen atoms in total. The van der Waals surface area contributed by atoms with Gasteiger partial charge in [-0.15, -0.1) is 30.6 Å². The van der Waals surface area contributed by atoms with Gasteiger partial charge in [0.15, 0.2) is 15.8 Å². The van der Waals surface area contributed by atoms with Crippen LogP contribution >= 0.6 is 24.0 Å². The highest BCUT2D eigenvalue weighted by molar-refractivity contribution is 14.0. The molecule has 0 spiro atoms. The number of sulfone groups is 1. The fourth-order valence-electron chi connectivity index (χ4n) is 1.66. The number of hydrogen-bond acceptors (Lipinski definition) is 3. The third-order valence-electron chi connectivity index (χ3n) is 2.61. The van der Waals surface area contributed by atoms with Gasteiger partial charge in [0.1, 0.15) is 0 Å².